The molecule has 3 unspecified atom stereocenters. The van der Waals surface area contributed by atoms with Crippen molar-refractivity contribution in [3.63, 3.8) is 0 Å². The molecule has 112 valence electrons. The zero-order chi connectivity index (χ0) is 15.0. The normalized spacial score (nSPS) is 33.9. The summed E-state index contributed by atoms with van der Waals surface area (Å²) in [6.45, 7) is 7.02. The van der Waals surface area contributed by atoms with Gasteiger partial charge in [-0.1, -0.05) is 20.8 Å². The number of imidazole rings is 1. The maximum atomic E-state index is 13.7. The summed E-state index contributed by atoms with van der Waals surface area (Å²) in [5.41, 5.74) is 8.25. The van der Waals surface area contributed by atoms with Crippen molar-refractivity contribution >= 4 is 17.0 Å². The second-order valence-corrected chi connectivity index (χ2v) is 7.79. The third-order valence-corrected chi connectivity index (χ3v) is 6.13. The molecule has 4 rings (SSSR count). The summed E-state index contributed by atoms with van der Waals surface area (Å²) in [5.74, 6) is 1.01. The van der Waals surface area contributed by atoms with Gasteiger partial charge in [0.05, 0.1) is 11.0 Å². The summed E-state index contributed by atoms with van der Waals surface area (Å²) in [6, 6.07) is 5.03. The smallest absolute Gasteiger partial charge is 0.201 e. The maximum absolute atomic E-state index is 13.7. The molecule has 2 aliphatic carbocycles. The van der Waals surface area contributed by atoms with Crippen molar-refractivity contribution in [3.8, 4) is 0 Å². The van der Waals surface area contributed by atoms with Crippen molar-refractivity contribution in [3.05, 3.63) is 24.0 Å². The molecule has 2 bridgehead atoms. The van der Waals surface area contributed by atoms with Gasteiger partial charge in [0.2, 0.25) is 5.95 Å². The fourth-order valence-electron chi connectivity index (χ4n) is 5.28. The standard InChI is InChI=1S/C17H22FN3/c1-16(2)10-6-7-17(3,9-10)14(16)21-13-8-11(18)4-5-12(13)20-15(21)19/h4-5,8,10,14H,6-7,9H2,1-3H3,(H2,19,20). The van der Waals surface area contributed by atoms with Crippen LogP contribution in [0, 0.1) is 22.6 Å². The predicted octanol–water partition coefficient (Wildman–Crippen LogP) is 4.14. The molecule has 0 saturated heterocycles. The van der Waals surface area contributed by atoms with Gasteiger partial charge in [-0.3, -0.25) is 0 Å². The van der Waals surface area contributed by atoms with Crippen LogP contribution in [0.2, 0.25) is 0 Å². The van der Waals surface area contributed by atoms with Crippen LogP contribution in [0.3, 0.4) is 0 Å². The Morgan fingerprint density at radius 3 is 2.76 bits per heavy atom. The molecule has 2 saturated carbocycles. The van der Waals surface area contributed by atoms with Crippen molar-refractivity contribution in [2.75, 3.05) is 5.73 Å². The van der Waals surface area contributed by atoms with Gasteiger partial charge in [-0.05, 0) is 54.2 Å². The number of fused-ring (bicyclic) bond motifs is 3. The van der Waals surface area contributed by atoms with Crippen molar-refractivity contribution in [1.29, 1.82) is 0 Å². The van der Waals surface area contributed by atoms with E-state index in [0.29, 0.717) is 5.95 Å². The molecule has 3 atom stereocenters. The van der Waals surface area contributed by atoms with E-state index in [2.05, 4.69) is 30.3 Å². The first-order chi connectivity index (χ1) is 9.83. The van der Waals surface area contributed by atoms with Crippen molar-refractivity contribution in [2.45, 2.75) is 46.1 Å². The minimum absolute atomic E-state index is 0.168. The topological polar surface area (TPSA) is 43.8 Å². The number of hydrogen-bond acceptors (Lipinski definition) is 2. The molecule has 2 aromatic rings. The Balaban J connectivity index is 1.98. The van der Waals surface area contributed by atoms with Crippen molar-refractivity contribution in [1.82, 2.24) is 9.55 Å². The molecule has 0 radical (unpaired) electrons. The van der Waals surface area contributed by atoms with Crippen LogP contribution in [0.4, 0.5) is 10.3 Å². The van der Waals surface area contributed by atoms with Crippen LogP contribution >= 0.6 is 0 Å². The molecule has 4 heteroatoms. The van der Waals surface area contributed by atoms with E-state index in [0.717, 1.165) is 17.0 Å². The molecule has 2 N–H and O–H groups in total. The lowest BCUT2D eigenvalue weighted by Crippen LogP contribution is -2.37. The molecule has 1 aromatic carbocycles. The second kappa shape index (κ2) is 3.79. The highest BCUT2D eigenvalue weighted by molar-refractivity contribution is 5.78. The van der Waals surface area contributed by atoms with Gasteiger partial charge in [0, 0.05) is 6.04 Å². The average molecular weight is 287 g/mol. The van der Waals surface area contributed by atoms with Gasteiger partial charge in [0.1, 0.15) is 5.82 Å². The summed E-state index contributed by atoms with van der Waals surface area (Å²) in [7, 11) is 0. The number of hydrogen-bond donors (Lipinski definition) is 1. The molecule has 3 nitrogen and oxygen atoms in total. The third kappa shape index (κ3) is 1.56. The van der Waals surface area contributed by atoms with Gasteiger partial charge in [-0.2, -0.15) is 0 Å². The Labute approximate surface area is 124 Å². The lowest BCUT2D eigenvalue weighted by atomic mass is 9.68. The number of benzene rings is 1. The second-order valence-electron chi connectivity index (χ2n) is 7.79. The van der Waals surface area contributed by atoms with Crippen LogP contribution < -0.4 is 5.73 Å². The maximum Gasteiger partial charge on any atom is 0.201 e. The first-order valence-corrected chi connectivity index (χ1v) is 7.76. The lowest BCUT2D eigenvalue weighted by molar-refractivity contribution is 0.0882. The van der Waals surface area contributed by atoms with Gasteiger partial charge in [-0.15, -0.1) is 0 Å². The number of nitrogens with zero attached hydrogens (tertiary/aromatic N) is 2. The number of anilines is 1. The molecule has 2 aliphatic rings. The van der Waals surface area contributed by atoms with Crippen LogP contribution in [-0.4, -0.2) is 9.55 Å². The fraction of sp³-hybridized carbons (Fsp3) is 0.588. The van der Waals surface area contributed by atoms with E-state index in [1.807, 2.05) is 0 Å². The van der Waals surface area contributed by atoms with Gasteiger partial charge >= 0.3 is 0 Å². The Morgan fingerprint density at radius 1 is 1.33 bits per heavy atom. The number of nitrogen functional groups attached to an aromatic ring is 1. The Bertz CT molecular complexity index is 728. The van der Waals surface area contributed by atoms with Crippen LogP contribution in [-0.2, 0) is 0 Å². The first-order valence-electron chi connectivity index (χ1n) is 7.76. The van der Waals surface area contributed by atoms with E-state index in [4.69, 9.17) is 5.73 Å². The van der Waals surface area contributed by atoms with Crippen LogP contribution in [0.25, 0.3) is 11.0 Å². The Morgan fingerprint density at radius 2 is 2.10 bits per heavy atom. The van der Waals surface area contributed by atoms with Crippen molar-refractivity contribution < 1.29 is 4.39 Å². The van der Waals surface area contributed by atoms with E-state index >= 15 is 0 Å². The van der Waals surface area contributed by atoms with E-state index in [1.54, 1.807) is 12.1 Å². The van der Waals surface area contributed by atoms with Crippen LogP contribution in [0.15, 0.2) is 18.2 Å². The summed E-state index contributed by atoms with van der Waals surface area (Å²) in [4.78, 5) is 4.45. The summed E-state index contributed by atoms with van der Waals surface area (Å²) < 4.78 is 15.8. The Kier molecular flexibility index (Phi) is 2.36. The third-order valence-electron chi connectivity index (χ3n) is 6.13. The minimum atomic E-state index is -0.227. The van der Waals surface area contributed by atoms with Crippen LogP contribution in [0.5, 0.6) is 0 Å². The summed E-state index contributed by atoms with van der Waals surface area (Å²) in [6.07, 6.45) is 3.75. The zero-order valence-corrected chi connectivity index (χ0v) is 12.9. The van der Waals surface area contributed by atoms with E-state index in [9.17, 15) is 4.39 Å². The number of rotatable bonds is 1. The highest BCUT2D eigenvalue weighted by Crippen LogP contribution is 2.68. The minimum Gasteiger partial charge on any atom is -0.369 e. The Hall–Kier alpha value is -1.58. The quantitative estimate of drug-likeness (QED) is 0.856. The fourth-order valence-corrected chi connectivity index (χ4v) is 5.28. The molecule has 0 amide bonds. The van der Waals surface area contributed by atoms with Gasteiger partial charge < -0.3 is 10.3 Å². The number of nitrogens with two attached hydrogens (primary N) is 1. The van der Waals surface area contributed by atoms with Gasteiger partial charge in [0.15, 0.2) is 0 Å². The SMILES string of the molecule is CC12CCC(C1)C(C)(C)C2n1c(N)nc2ccc(F)cc21. The van der Waals surface area contributed by atoms with Crippen molar-refractivity contribution in [2.24, 2.45) is 16.7 Å². The van der Waals surface area contributed by atoms with E-state index < -0.39 is 0 Å². The van der Waals surface area contributed by atoms with Gasteiger partial charge in [0.25, 0.3) is 0 Å². The lowest BCUT2D eigenvalue weighted by Gasteiger charge is -2.44. The summed E-state index contributed by atoms with van der Waals surface area (Å²) >= 11 is 0. The molecular formula is C17H22FN3. The molecule has 0 aliphatic heterocycles. The molecule has 1 heterocycles. The summed E-state index contributed by atoms with van der Waals surface area (Å²) in [5, 5.41) is 0. The van der Waals surface area contributed by atoms with Gasteiger partial charge in [-0.25, -0.2) is 9.37 Å². The molecular weight excluding hydrogens is 265 g/mol. The number of halogens is 1. The molecule has 1 aromatic heterocycles. The van der Waals surface area contributed by atoms with Crippen LogP contribution in [0.1, 0.15) is 46.1 Å². The number of aromatic nitrogens is 2. The molecule has 2 fully saturated rings. The predicted molar refractivity (Wildman–Crippen MR) is 82.4 cm³/mol. The molecule has 21 heavy (non-hydrogen) atoms. The molecule has 0 spiro atoms. The highest BCUT2D eigenvalue weighted by atomic mass is 19.1. The van der Waals surface area contributed by atoms with E-state index in [1.165, 1.54) is 25.3 Å². The highest BCUT2D eigenvalue weighted by Gasteiger charge is 2.60. The largest absolute Gasteiger partial charge is 0.369 e. The first kappa shape index (κ1) is 13.1. The average Bonchev–Trinajstić information content (AvgIpc) is 2.98. The zero-order valence-electron chi connectivity index (χ0n) is 12.9. The van der Waals surface area contributed by atoms with E-state index in [-0.39, 0.29) is 22.7 Å². The monoisotopic (exact) mass is 287 g/mol.